The molecule has 16 heavy (non-hydrogen) atoms. The second-order valence-corrected chi connectivity index (χ2v) is 4.60. The number of likely N-dealkylation sites (N-methyl/N-ethyl adjacent to an activating group) is 1. The van der Waals surface area contributed by atoms with E-state index in [0.29, 0.717) is 6.54 Å². The Morgan fingerprint density at radius 2 is 1.94 bits per heavy atom. The van der Waals surface area contributed by atoms with Crippen molar-refractivity contribution in [2.24, 2.45) is 11.1 Å². The average Bonchev–Trinajstić information content (AvgIpc) is 2.25. The van der Waals surface area contributed by atoms with Gasteiger partial charge in [0.2, 0.25) is 11.8 Å². The molecular weight excluding hydrogens is 206 g/mol. The van der Waals surface area contributed by atoms with E-state index in [1.165, 1.54) is 0 Å². The van der Waals surface area contributed by atoms with Gasteiger partial charge in [-0.3, -0.25) is 9.59 Å². The van der Waals surface area contributed by atoms with E-state index in [1.807, 2.05) is 13.8 Å². The first-order chi connectivity index (χ1) is 7.49. The lowest BCUT2D eigenvalue weighted by Gasteiger charge is -2.36. The third kappa shape index (κ3) is 2.95. The molecule has 0 radical (unpaired) electrons. The summed E-state index contributed by atoms with van der Waals surface area (Å²) >= 11 is 0. The maximum absolute atomic E-state index is 12.3. The predicted molar refractivity (Wildman–Crippen MR) is 61.7 cm³/mol. The fourth-order valence-electron chi connectivity index (χ4n) is 2.09. The Morgan fingerprint density at radius 1 is 1.38 bits per heavy atom. The Labute approximate surface area is 96.4 Å². The smallest absolute Gasteiger partial charge is 0.237 e. The van der Waals surface area contributed by atoms with Crippen LogP contribution in [0.25, 0.3) is 0 Å². The van der Waals surface area contributed by atoms with E-state index in [-0.39, 0.29) is 17.9 Å². The van der Waals surface area contributed by atoms with Crippen LogP contribution in [0.5, 0.6) is 0 Å². The lowest BCUT2D eigenvalue weighted by Crippen LogP contribution is -2.49. The maximum atomic E-state index is 12.3. The van der Waals surface area contributed by atoms with Gasteiger partial charge in [-0.15, -0.1) is 0 Å². The number of nitrogens with two attached hydrogens (primary N) is 1. The lowest BCUT2D eigenvalue weighted by atomic mass is 9.79. The molecule has 1 rings (SSSR count). The molecule has 1 saturated heterocycles. The van der Waals surface area contributed by atoms with Crippen LogP contribution in [0.3, 0.4) is 0 Å². The number of rotatable bonds is 4. The van der Waals surface area contributed by atoms with E-state index < -0.39 is 5.91 Å². The summed E-state index contributed by atoms with van der Waals surface area (Å²) in [5, 5.41) is 3.23. The molecule has 3 N–H and O–H groups in total. The minimum absolute atomic E-state index is 0.0261. The van der Waals surface area contributed by atoms with Crippen LogP contribution in [0.2, 0.25) is 0 Å². The normalized spacial score (nSPS) is 19.1. The van der Waals surface area contributed by atoms with Crippen molar-refractivity contribution in [3.63, 3.8) is 0 Å². The SMILES string of the molecule is CCN(CC(N)=O)C(=O)C1(C)CCNCC1. The van der Waals surface area contributed by atoms with E-state index in [0.717, 1.165) is 25.9 Å². The van der Waals surface area contributed by atoms with Crippen LogP contribution < -0.4 is 11.1 Å². The molecule has 0 aliphatic carbocycles. The van der Waals surface area contributed by atoms with Gasteiger partial charge in [-0.1, -0.05) is 6.92 Å². The van der Waals surface area contributed by atoms with Gasteiger partial charge in [-0.05, 0) is 32.9 Å². The average molecular weight is 227 g/mol. The van der Waals surface area contributed by atoms with Crippen molar-refractivity contribution in [2.45, 2.75) is 26.7 Å². The minimum Gasteiger partial charge on any atom is -0.368 e. The molecule has 0 unspecified atom stereocenters. The second-order valence-electron chi connectivity index (χ2n) is 4.60. The van der Waals surface area contributed by atoms with Crippen molar-refractivity contribution in [3.05, 3.63) is 0 Å². The van der Waals surface area contributed by atoms with Crippen LogP contribution in [0.4, 0.5) is 0 Å². The number of hydrogen-bond donors (Lipinski definition) is 2. The topological polar surface area (TPSA) is 75.4 Å². The summed E-state index contributed by atoms with van der Waals surface area (Å²) in [5.74, 6) is -0.400. The van der Waals surface area contributed by atoms with E-state index in [1.54, 1.807) is 4.90 Å². The molecule has 1 fully saturated rings. The Kier molecular flexibility index (Phi) is 4.29. The molecule has 1 aliphatic heterocycles. The second kappa shape index (κ2) is 5.30. The van der Waals surface area contributed by atoms with Gasteiger partial charge in [-0.25, -0.2) is 0 Å². The predicted octanol–water partition coefficient (Wildman–Crippen LogP) is -0.290. The van der Waals surface area contributed by atoms with Gasteiger partial charge in [0.1, 0.15) is 0 Å². The van der Waals surface area contributed by atoms with Gasteiger partial charge in [0.25, 0.3) is 0 Å². The van der Waals surface area contributed by atoms with Gasteiger partial charge in [0.05, 0.1) is 6.54 Å². The summed E-state index contributed by atoms with van der Waals surface area (Å²) in [6, 6.07) is 0. The van der Waals surface area contributed by atoms with E-state index in [4.69, 9.17) is 5.73 Å². The molecule has 2 amide bonds. The van der Waals surface area contributed by atoms with Gasteiger partial charge >= 0.3 is 0 Å². The van der Waals surface area contributed by atoms with E-state index in [2.05, 4.69) is 5.32 Å². The molecule has 0 saturated carbocycles. The molecule has 0 bridgehead atoms. The zero-order valence-corrected chi connectivity index (χ0v) is 10.1. The molecule has 1 heterocycles. The molecule has 0 spiro atoms. The van der Waals surface area contributed by atoms with E-state index >= 15 is 0 Å². The van der Waals surface area contributed by atoms with Gasteiger partial charge in [0.15, 0.2) is 0 Å². The Morgan fingerprint density at radius 3 is 2.38 bits per heavy atom. The number of hydrogen-bond acceptors (Lipinski definition) is 3. The summed E-state index contributed by atoms with van der Waals surface area (Å²) in [5.41, 5.74) is 4.80. The monoisotopic (exact) mass is 227 g/mol. The van der Waals surface area contributed by atoms with Crippen LogP contribution in [0.15, 0.2) is 0 Å². The summed E-state index contributed by atoms with van der Waals surface area (Å²) < 4.78 is 0. The number of amides is 2. The maximum Gasteiger partial charge on any atom is 0.237 e. The molecule has 5 heteroatoms. The third-order valence-corrected chi connectivity index (χ3v) is 3.24. The van der Waals surface area contributed by atoms with Crippen molar-refractivity contribution in [1.29, 1.82) is 0 Å². The number of carbonyl (C=O) groups is 2. The Balaban J connectivity index is 2.68. The van der Waals surface area contributed by atoms with Crippen molar-refractivity contribution < 1.29 is 9.59 Å². The highest BCUT2D eigenvalue weighted by atomic mass is 16.2. The molecule has 0 atom stereocenters. The van der Waals surface area contributed by atoms with Gasteiger partial charge in [0, 0.05) is 12.0 Å². The highest BCUT2D eigenvalue weighted by Crippen LogP contribution is 2.30. The zero-order chi connectivity index (χ0) is 12.2. The summed E-state index contributed by atoms with van der Waals surface area (Å²) in [6.07, 6.45) is 1.64. The molecule has 0 aromatic heterocycles. The molecule has 0 aromatic rings. The quantitative estimate of drug-likeness (QED) is 0.693. The number of nitrogens with zero attached hydrogens (tertiary/aromatic N) is 1. The van der Waals surface area contributed by atoms with Crippen LogP contribution in [-0.2, 0) is 9.59 Å². The summed E-state index contributed by atoms with van der Waals surface area (Å²) in [4.78, 5) is 24.7. The summed E-state index contributed by atoms with van der Waals surface area (Å²) in [7, 11) is 0. The fourth-order valence-corrected chi connectivity index (χ4v) is 2.09. The first-order valence-corrected chi connectivity index (χ1v) is 5.78. The van der Waals surface area contributed by atoms with Gasteiger partial charge < -0.3 is 16.0 Å². The van der Waals surface area contributed by atoms with Crippen LogP contribution >= 0.6 is 0 Å². The number of carbonyl (C=O) groups excluding carboxylic acids is 2. The number of piperidine rings is 1. The largest absolute Gasteiger partial charge is 0.368 e. The summed E-state index contributed by atoms with van der Waals surface area (Å²) in [6.45, 7) is 6.11. The van der Waals surface area contributed by atoms with Gasteiger partial charge in [-0.2, -0.15) is 0 Å². The first kappa shape index (κ1) is 13.0. The number of nitrogens with one attached hydrogen (secondary N) is 1. The van der Waals surface area contributed by atoms with Crippen LogP contribution in [-0.4, -0.2) is 42.9 Å². The number of primary amides is 1. The fraction of sp³-hybridized carbons (Fsp3) is 0.818. The molecule has 0 aromatic carbocycles. The molecular formula is C11H21N3O2. The molecule has 5 nitrogen and oxygen atoms in total. The third-order valence-electron chi connectivity index (χ3n) is 3.24. The lowest BCUT2D eigenvalue weighted by molar-refractivity contribution is -0.144. The van der Waals surface area contributed by atoms with E-state index in [9.17, 15) is 9.59 Å². The first-order valence-electron chi connectivity index (χ1n) is 5.78. The Bertz CT molecular complexity index is 272. The molecule has 1 aliphatic rings. The van der Waals surface area contributed by atoms with Crippen molar-refractivity contribution in [1.82, 2.24) is 10.2 Å². The Hall–Kier alpha value is -1.10. The highest BCUT2D eigenvalue weighted by molar-refractivity contribution is 5.87. The van der Waals surface area contributed by atoms with Crippen LogP contribution in [0, 0.1) is 5.41 Å². The van der Waals surface area contributed by atoms with Crippen molar-refractivity contribution >= 4 is 11.8 Å². The zero-order valence-electron chi connectivity index (χ0n) is 10.1. The van der Waals surface area contributed by atoms with Crippen molar-refractivity contribution in [2.75, 3.05) is 26.2 Å². The minimum atomic E-state index is -0.451. The molecule has 92 valence electrons. The standard InChI is InChI=1S/C11H21N3O2/c1-3-14(8-9(12)15)10(16)11(2)4-6-13-7-5-11/h13H,3-8H2,1-2H3,(H2,12,15). The van der Waals surface area contributed by atoms with Crippen LogP contribution in [0.1, 0.15) is 26.7 Å². The van der Waals surface area contributed by atoms with Crippen molar-refractivity contribution in [3.8, 4) is 0 Å². The highest BCUT2D eigenvalue weighted by Gasteiger charge is 2.37.